The molecule has 0 amide bonds. The smallest absolute Gasteiger partial charge is 0.163 e. The van der Waals surface area contributed by atoms with E-state index in [-0.39, 0.29) is 0 Å². The second kappa shape index (κ2) is 4.02. The third kappa shape index (κ3) is 1.67. The summed E-state index contributed by atoms with van der Waals surface area (Å²) in [7, 11) is 0. The van der Waals surface area contributed by atoms with Gasteiger partial charge in [0, 0.05) is 12.0 Å². The van der Waals surface area contributed by atoms with Crippen LogP contribution in [0.15, 0.2) is 18.2 Å². The maximum atomic E-state index is 11.7. The first-order chi connectivity index (χ1) is 7.84. The van der Waals surface area contributed by atoms with Gasteiger partial charge in [0.2, 0.25) is 0 Å². The van der Waals surface area contributed by atoms with Crippen molar-refractivity contribution in [2.24, 2.45) is 0 Å². The molecule has 2 aliphatic rings. The fourth-order valence-corrected chi connectivity index (χ4v) is 2.86. The summed E-state index contributed by atoms with van der Waals surface area (Å²) in [6, 6.07) is 6.55. The van der Waals surface area contributed by atoms with Crippen molar-refractivity contribution in [1.29, 1.82) is 0 Å². The van der Waals surface area contributed by atoms with Crippen LogP contribution in [0, 0.1) is 0 Å². The summed E-state index contributed by atoms with van der Waals surface area (Å²) in [4.78, 5) is 11.7. The van der Waals surface area contributed by atoms with E-state index in [1.165, 1.54) is 24.0 Å². The summed E-state index contributed by atoms with van der Waals surface area (Å²) < 4.78 is 0. The number of Topliss-reactive ketones (excluding diaryl/α,β-unsaturated/α-hetero) is 1. The van der Waals surface area contributed by atoms with Crippen molar-refractivity contribution in [3.63, 3.8) is 0 Å². The molecule has 1 fully saturated rings. The van der Waals surface area contributed by atoms with Gasteiger partial charge in [0.1, 0.15) is 0 Å². The van der Waals surface area contributed by atoms with Crippen molar-refractivity contribution in [2.75, 3.05) is 13.1 Å². The Labute approximate surface area is 96.1 Å². The molecule has 16 heavy (non-hydrogen) atoms. The van der Waals surface area contributed by atoms with E-state index < -0.39 is 0 Å². The summed E-state index contributed by atoms with van der Waals surface area (Å²) in [5.41, 5.74) is 3.62. The number of hydrogen-bond donors (Lipinski definition) is 1. The van der Waals surface area contributed by atoms with Crippen LogP contribution in [-0.2, 0) is 6.42 Å². The highest BCUT2D eigenvalue weighted by Gasteiger charge is 2.22. The van der Waals surface area contributed by atoms with Gasteiger partial charge in [-0.2, -0.15) is 0 Å². The van der Waals surface area contributed by atoms with E-state index in [1.807, 2.05) is 0 Å². The molecule has 2 heteroatoms. The van der Waals surface area contributed by atoms with Crippen LogP contribution in [0.1, 0.15) is 46.7 Å². The van der Waals surface area contributed by atoms with Crippen LogP contribution in [-0.4, -0.2) is 18.9 Å². The van der Waals surface area contributed by atoms with E-state index >= 15 is 0 Å². The van der Waals surface area contributed by atoms with Crippen molar-refractivity contribution in [1.82, 2.24) is 5.32 Å². The van der Waals surface area contributed by atoms with E-state index in [0.29, 0.717) is 18.1 Å². The second-order valence-corrected chi connectivity index (χ2v) is 4.86. The lowest BCUT2D eigenvalue weighted by Gasteiger charge is -2.23. The Kier molecular flexibility index (Phi) is 2.52. The van der Waals surface area contributed by atoms with Gasteiger partial charge in [0.25, 0.3) is 0 Å². The molecule has 0 bridgehead atoms. The van der Waals surface area contributed by atoms with E-state index in [0.717, 1.165) is 25.1 Å². The molecule has 1 heterocycles. The molecule has 0 radical (unpaired) electrons. The molecule has 84 valence electrons. The SMILES string of the molecule is O=C1CCc2ccc(C3CCNCC3)cc21. The Bertz CT molecular complexity index is 419. The van der Waals surface area contributed by atoms with Crippen LogP contribution < -0.4 is 5.32 Å². The Hall–Kier alpha value is -1.15. The molecule has 0 saturated carbocycles. The first-order valence-corrected chi connectivity index (χ1v) is 6.21. The van der Waals surface area contributed by atoms with Gasteiger partial charge in [-0.15, -0.1) is 0 Å². The summed E-state index contributed by atoms with van der Waals surface area (Å²) in [6.45, 7) is 2.21. The van der Waals surface area contributed by atoms with Crippen molar-refractivity contribution in [2.45, 2.75) is 31.6 Å². The van der Waals surface area contributed by atoms with Gasteiger partial charge < -0.3 is 5.32 Å². The number of carbonyl (C=O) groups is 1. The highest BCUT2D eigenvalue weighted by molar-refractivity contribution is 6.00. The molecule has 0 atom stereocenters. The van der Waals surface area contributed by atoms with Crippen molar-refractivity contribution >= 4 is 5.78 Å². The third-order valence-electron chi connectivity index (χ3n) is 3.87. The summed E-state index contributed by atoms with van der Waals surface area (Å²) in [6.07, 6.45) is 4.06. The van der Waals surface area contributed by atoms with Gasteiger partial charge in [-0.3, -0.25) is 4.79 Å². The minimum Gasteiger partial charge on any atom is -0.317 e. The van der Waals surface area contributed by atoms with E-state index in [2.05, 4.69) is 23.5 Å². The molecule has 1 aliphatic heterocycles. The number of hydrogen-bond acceptors (Lipinski definition) is 2. The zero-order valence-corrected chi connectivity index (χ0v) is 9.46. The third-order valence-corrected chi connectivity index (χ3v) is 3.87. The largest absolute Gasteiger partial charge is 0.317 e. The number of fused-ring (bicyclic) bond motifs is 1. The predicted molar refractivity (Wildman–Crippen MR) is 63.9 cm³/mol. The molecule has 2 nitrogen and oxygen atoms in total. The highest BCUT2D eigenvalue weighted by Crippen LogP contribution is 2.30. The standard InChI is InChI=1S/C14H17NO/c16-14-4-3-11-1-2-12(9-13(11)14)10-5-7-15-8-6-10/h1-2,9-10,15H,3-8H2. The maximum Gasteiger partial charge on any atom is 0.163 e. The monoisotopic (exact) mass is 215 g/mol. The number of benzene rings is 1. The molecule has 0 spiro atoms. The minimum absolute atomic E-state index is 0.339. The average molecular weight is 215 g/mol. The van der Waals surface area contributed by atoms with Gasteiger partial charge in [-0.05, 0) is 55.5 Å². The van der Waals surface area contributed by atoms with Crippen molar-refractivity contribution < 1.29 is 4.79 Å². The first kappa shape index (κ1) is 10.0. The molecular formula is C14H17NO. The first-order valence-electron chi connectivity index (χ1n) is 6.21. The van der Waals surface area contributed by atoms with Crippen LogP contribution in [0.4, 0.5) is 0 Å². The second-order valence-electron chi connectivity index (χ2n) is 4.86. The Morgan fingerprint density at radius 3 is 2.75 bits per heavy atom. The molecule has 1 N–H and O–H groups in total. The molecule has 0 unspecified atom stereocenters. The van der Waals surface area contributed by atoms with Gasteiger partial charge in [0.05, 0.1) is 0 Å². The molecular weight excluding hydrogens is 198 g/mol. The van der Waals surface area contributed by atoms with Crippen LogP contribution >= 0.6 is 0 Å². The van der Waals surface area contributed by atoms with Gasteiger partial charge >= 0.3 is 0 Å². The molecule has 0 aromatic heterocycles. The van der Waals surface area contributed by atoms with Crippen LogP contribution in [0.3, 0.4) is 0 Å². The molecule has 1 saturated heterocycles. The van der Waals surface area contributed by atoms with Crippen LogP contribution in [0.5, 0.6) is 0 Å². The zero-order chi connectivity index (χ0) is 11.0. The normalized spacial score (nSPS) is 21.1. The number of carbonyl (C=O) groups excluding carboxylic acids is 1. The van der Waals surface area contributed by atoms with E-state index in [4.69, 9.17) is 0 Å². The number of piperidine rings is 1. The van der Waals surface area contributed by atoms with Crippen LogP contribution in [0.2, 0.25) is 0 Å². The van der Waals surface area contributed by atoms with E-state index in [1.54, 1.807) is 0 Å². The van der Waals surface area contributed by atoms with Crippen molar-refractivity contribution in [3.8, 4) is 0 Å². The fourth-order valence-electron chi connectivity index (χ4n) is 2.86. The minimum atomic E-state index is 0.339. The maximum absolute atomic E-state index is 11.7. The zero-order valence-electron chi connectivity index (χ0n) is 9.46. The molecule has 3 rings (SSSR count). The van der Waals surface area contributed by atoms with E-state index in [9.17, 15) is 4.79 Å². The Balaban J connectivity index is 1.91. The topological polar surface area (TPSA) is 29.1 Å². The molecule has 1 aromatic carbocycles. The lowest BCUT2D eigenvalue weighted by molar-refractivity contribution is 0.0994. The number of rotatable bonds is 1. The number of ketones is 1. The summed E-state index contributed by atoms with van der Waals surface area (Å²) >= 11 is 0. The quantitative estimate of drug-likeness (QED) is 0.778. The average Bonchev–Trinajstić information content (AvgIpc) is 2.72. The number of aryl methyl sites for hydroxylation is 1. The van der Waals surface area contributed by atoms with Crippen LogP contribution in [0.25, 0.3) is 0 Å². The summed E-state index contributed by atoms with van der Waals surface area (Å²) in [5, 5.41) is 3.38. The Morgan fingerprint density at radius 1 is 1.12 bits per heavy atom. The predicted octanol–water partition coefficient (Wildman–Crippen LogP) is 2.28. The molecule has 1 aromatic rings. The van der Waals surface area contributed by atoms with Gasteiger partial charge in [-0.1, -0.05) is 12.1 Å². The lowest BCUT2D eigenvalue weighted by atomic mass is 9.88. The van der Waals surface area contributed by atoms with Gasteiger partial charge in [-0.25, -0.2) is 0 Å². The number of nitrogens with one attached hydrogen (secondary N) is 1. The Morgan fingerprint density at radius 2 is 1.94 bits per heavy atom. The fraction of sp³-hybridized carbons (Fsp3) is 0.500. The molecule has 1 aliphatic carbocycles. The summed E-state index contributed by atoms with van der Waals surface area (Å²) in [5.74, 6) is 0.991. The lowest BCUT2D eigenvalue weighted by Crippen LogP contribution is -2.26. The van der Waals surface area contributed by atoms with Crippen molar-refractivity contribution in [3.05, 3.63) is 34.9 Å². The highest BCUT2D eigenvalue weighted by atomic mass is 16.1. The van der Waals surface area contributed by atoms with Gasteiger partial charge in [0.15, 0.2) is 5.78 Å².